The highest BCUT2D eigenvalue weighted by atomic mass is 16.2. The molecule has 1 saturated heterocycles. The lowest BCUT2D eigenvalue weighted by Crippen LogP contribution is -2.49. The number of rotatable bonds is 4. The smallest absolute Gasteiger partial charge is 0.244 e. The number of piperidine rings is 1. The number of likely N-dealkylation sites (N-methyl/N-ethyl adjacent to an activating group) is 1. The maximum absolute atomic E-state index is 11.9. The lowest BCUT2D eigenvalue weighted by Gasteiger charge is -2.25. The van der Waals surface area contributed by atoms with E-state index in [0.29, 0.717) is 6.54 Å². The minimum absolute atomic E-state index is 0.00549. The quantitative estimate of drug-likeness (QED) is 0.726. The zero-order valence-corrected chi connectivity index (χ0v) is 11.0. The summed E-state index contributed by atoms with van der Waals surface area (Å²) in [6, 6.07) is -0.436. The van der Waals surface area contributed by atoms with Crippen LogP contribution in [0.25, 0.3) is 0 Å². The van der Waals surface area contributed by atoms with Crippen molar-refractivity contribution in [2.75, 3.05) is 26.7 Å². The van der Waals surface area contributed by atoms with Crippen molar-refractivity contribution in [2.45, 2.75) is 32.7 Å². The SMILES string of the molecule is CCN(C)C(=O)C(C)NC(=O)C1CCCNC1. The Bertz CT molecular complexity index is 275. The number of hydrogen-bond donors (Lipinski definition) is 2. The second kappa shape index (κ2) is 6.59. The lowest BCUT2D eigenvalue weighted by molar-refractivity contribution is -0.136. The molecule has 17 heavy (non-hydrogen) atoms. The van der Waals surface area contributed by atoms with E-state index in [2.05, 4.69) is 10.6 Å². The van der Waals surface area contributed by atoms with Gasteiger partial charge in [-0.25, -0.2) is 0 Å². The molecular formula is C12H23N3O2. The highest BCUT2D eigenvalue weighted by Crippen LogP contribution is 2.10. The van der Waals surface area contributed by atoms with Crippen molar-refractivity contribution >= 4 is 11.8 Å². The summed E-state index contributed by atoms with van der Waals surface area (Å²) in [5.74, 6) is -0.0434. The number of amides is 2. The van der Waals surface area contributed by atoms with Crippen LogP contribution in [0.1, 0.15) is 26.7 Å². The molecule has 98 valence electrons. The molecule has 1 aliphatic rings. The molecule has 0 aliphatic carbocycles. The summed E-state index contributed by atoms with van der Waals surface area (Å²) in [7, 11) is 1.74. The Morgan fingerprint density at radius 3 is 2.76 bits per heavy atom. The summed E-state index contributed by atoms with van der Waals surface area (Å²) in [5.41, 5.74) is 0. The van der Waals surface area contributed by atoms with Gasteiger partial charge in [-0.05, 0) is 33.2 Å². The first-order chi connectivity index (χ1) is 8.06. The zero-order valence-electron chi connectivity index (χ0n) is 11.0. The second-order valence-corrected chi connectivity index (χ2v) is 4.63. The first-order valence-electron chi connectivity index (χ1n) is 6.32. The van der Waals surface area contributed by atoms with Crippen LogP contribution >= 0.6 is 0 Å². The van der Waals surface area contributed by atoms with Gasteiger partial charge in [0, 0.05) is 20.1 Å². The standard InChI is InChI=1S/C12H23N3O2/c1-4-15(3)12(17)9(2)14-11(16)10-6-5-7-13-8-10/h9-10,13H,4-8H2,1-3H3,(H,14,16). The van der Waals surface area contributed by atoms with Crippen LogP contribution in [-0.4, -0.2) is 49.4 Å². The average Bonchev–Trinajstić information content (AvgIpc) is 2.37. The van der Waals surface area contributed by atoms with Gasteiger partial charge < -0.3 is 15.5 Å². The monoisotopic (exact) mass is 241 g/mol. The van der Waals surface area contributed by atoms with E-state index in [1.165, 1.54) is 0 Å². The largest absolute Gasteiger partial charge is 0.344 e. The molecule has 5 nitrogen and oxygen atoms in total. The first-order valence-corrected chi connectivity index (χ1v) is 6.32. The number of carbonyl (C=O) groups is 2. The van der Waals surface area contributed by atoms with Crippen LogP contribution in [0.2, 0.25) is 0 Å². The van der Waals surface area contributed by atoms with Gasteiger partial charge in [0.2, 0.25) is 11.8 Å². The number of hydrogen-bond acceptors (Lipinski definition) is 3. The van der Waals surface area contributed by atoms with Gasteiger partial charge in [-0.3, -0.25) is 9.59 Å². The van der Waals surface area contributed by atoms with Gasteiger partial charge in [0.1, 0.15) is 6.04 Å². The molecule has 1 rings (SSSR count). The molecule has 0 aromatic rings. The summed E-state index contributed by atoms with van der Waals surface area (Å²) in [5, 5.41) is 5.99. The van der Waals surface area contributed by atoms with E-state index in [-0.39, 0.29) is 17.7 Å². The Balaban J connectivity index is 2.41. The normalized spacial score (nSPS) is 21.7. The predicted molar refractivity (Wildman–Crippen MR) is 66.5 cm³/mol. The molecule has 0 radical (unpaired) electrons. The van der Waals surface area contributed by atoms with Crippen molar-refractivity contribution in [2.24, 2.45) is 5.92 Å². The van der Waals surface area contributed by atoms with Crippen LogP contribution < -0.4 is 10.6 Å². The topological polar surface area (TPSA) is 61.4 Å². The summed E-state index contributed by atoms with van der Waals surface area (Å²) < 4.78 is 0. The van der Waals surface area contributed by atoms with Gasteiger partial charge in [0.15, 0.2) is 0 Å². The van der Waals surface area contributed by atoms with Crippen LogP contribution in [0.15, 0.2) is 0 Å². The van der Waals surface area contributed by atoms with Gasteiger partial charge in [0.25, 0.3) is 0 Å². The Labute approximate surface area is 103 Å². The third-order valence-corrected chi connectivity index (χ3v) is 3.25. The van der Waals surface area contributed by atoms with Gasteiger partial charge >= 0.3 is 0 Å². The Morgan fingerprint density at radius 1 is 1.53 bits per heavy atom. The minimum Gasteiger partial charge on any atom is -0.344 e. The fourth-order valence-corrected chi connectivity index (χ4v) is 1.96. The average molecular weight is 241 g/mol. The van der Waals surface area contributed by atoms with Crippen molar-refractivity contribution in [1.29, 1.82) is 0 Å². The van der Waals surface area contributed by atoms with E-state index in [1.54, 1.807) is 18.9 Å². The van der Waals surface area contributed by atoms with Crippen molar-refractivity contribution in [1.82, 2.24) is 15.5 Å². The summed E-state index contributed by atoms with van der Waals surface area (Å²) in [4.78, 5) is 25.3. The maximum Gasteiger partial charge on any atom is 0.244 e. The molecule has 0 aromatic carbocycles. The Kier molecular flexibility index (Phi) is 5.41. The molecule has 0 aromatic heterocycles. The fraction of sp³-hybridized carbons (Fsp3) is 0.833. The molecule has 1 aliphatic heterocycles. The van der Waals surface area contributed by atoms with E-state index >= 15 is 0 Å². The molecule has 0 spiro atoms. The van der Waals surface area contributed by atoms with Crippen LogP contribution in [0.4, 0.5) is 0 Å². The van der Waals surface area contributed by atoms with E-state index in [9.17, 15) is 9.59 Å². The van der Waals surface area contributed by atoms with Gasteiger partial charge in [-0.1, -0.05) is 0 Å². The molecular weight excluding hydrogens is 218 g/mol. The van der Waals surface area contributed by atoms with Crippen molar-refractivity contribution in [3.8, 4) is 0 Å². The van der Waals surface area contributed by atoms with E-state index in [1.807, 2.05) is 6.92 Å². The van der Waals surface area contributed by atoms with Crippen LogP contribution in [-0.2, 0) is 9.59 Å². The highest BCUT2D eigenvalue weighted by Gasteiger charge is 2.25. The first kappa shape index (κ1) is 14.0. The molecule has 0 saturated carbocycles. The molecule has 1 fully saturated rings. The molecule has 2 N–H and O–H groups in total. The minimum atomic E-state index is -0.436. The molecule has 2 atom stereocenters. The molecule has 0 bridgehead atoms. The molecule has 2 unspecified atom stereocenters. The van der Waals surface area contributed by atoms with Crippen molar-refractivity contribution in [3.05, 3.63) is 0 Å². The molecule has 2 amide bonds. The number of nitrogens with one attached hydrogen (secondary N) is 2. The van der Waals surface area contributed by atoms with E-state index in [4.69, 9.17) is 0 Å². The van der Waals surface area contributed by atoms with Crippen molar-refractivity contribution < 1.29 is 9.59 Å². The molecule has 5 heteroatoms. The van der Waals surface area contributed by atoms with Gasteiger partial charge in [-0.2, -0.15) is 0 Å². The lowest BCUT2D eigenvalue weighted by atomic mass is 9.98. The van der Waals surface area contributed by atoms with Crippen LogP contribution in [0.5, 0.6) is 0 Å². The zero-order chi connectivity index (χ0) is 12.8. The number of carbonyl (C=O) groups excluding carboxylic acids is 2. The van der Waals surface area contributed by atoms with Gasteiger partial charge in [-0.15, -0.1) is 0 Å². The van der Waals surface area contributed by atoms with Crippen molar-refractivity contribution in [3.63, 3.8) is 0 Å². The third kappa shape index (κ3) is 4.00. The maximum atomic E-state index is 11.9. The van der Waals surface area contributed by atoms with E-state index in [0.717, 1.165) is 25.9 Å². The summed E-state index contributed by atoms with van der Waals surface area (Å²) in [6.07, 6.45) is 1.93. The Hall–Kier alpha value is -1.10. The van der Waals surface area contributed by atoms with E-state index < -0.39 is 6.04 Å². The summed E-state index contributed by atoms with van der Waals surface area (Å²) in [6.45, 7) is 6.01. The second-order valence-electron chi connectivity index (χ2n) is 4.63. The highest BCUT2D eigenvalue weighted by molar-refractivity contribution is 5.88. The fourth-order valence-electron chi connectivity index (χ4n) is 1.96. The summed E-state index contributed by atoms with van der Waals surface area (Å²) >= 11 is 0. The van der Waals surface area contributed by atoms with Crippen LogP contribution in [0.3, 0.4) is 0 Å². The molecule has 1 heterocycles. The Morgan fingerprint density at radius 2 is 2.24 bits per heavy atom. The predicted octanol–water partition coefficient (Wildman–Crippen LogP) is -0.0310. The third-order valence-electron chi connectivity index (χ3n) is 3.25. The number of nitrogens with zero attached hydrogens (tertiary/aromatic N) is 1. The van der Waals surface area contributed by atoms with Gasteiger partial charge in [0.05, 0.1) is 5.92 Å². The van der Waals surface area contributed by atoms with Crippen LogP contribution in [0, 0.1) is 5.92 Å².